The van der Waals surface area contributed by atoms with Crippen molar-refractivity contribution >= 4 is 27.4 Å². The van der Waals surface area contributed by atoms with Gasteiger partial charge in [-0.2, -0.15) is 0 Å². The van der Waals surface area contributed by atoms with Gasteiger partial charge in [0.2, 0.25) is 10.0 Å². The summed E-state index contributed by atoms with van der Waals surface area (Å²) in [6, 6.07) is 14.9. The van der Waals surface area contributed by atoms with Gasteiger partial charge in [-0.1, -0.05) is 30.3 Å². The van der Waals surface area contributed by atoms with E-state index in [1.54, 1.807) is 4.90 Å². The second-order valence-corrected chi connectivity index (χ2v) is 7.97. The lowest BCUT2D eigenvalue weighted by atomic mass is 10.2. The molecule has 1 unspecified atom stereocenters. The number of ether oxygens (including phenoxy) is 1. The van der Waals surface area contributed by atoms with E-state index in [0.29, 0.717) is 5.56 Å². The molecular formula is C19H20N2O5S. The third-order valence-electron chi connectivity index (χ3n) is 4.27. The summed E-state index contributed by atoms with van der Waals surface area (Å²) in [7, 11) is -3.74. The summed E-state index contributed by atoms with van der Waals surface area (Å²) in [5.74, 6) is -0.298. The number of morpholine rings is 1. The maximum atomic E-state index is 12.4. The Morgan fingerprint density at radius 2 is 1.81 bits per heavy atom. The predicted molar refractivity (Wildman–Crippen MR) is 100 cm³/mol. The first-order valence-electron chi connectivity index (χ1n) is 8.44. The van der Waals surface area contributed by atoms with Gasteiger partial charge >= 0.3 is 0 Å². The van der Waals surface area contributed by atoms with Crippen LogP contribution in [-0.2, 0) is 19.6 Å². The SMILES string of the molecule is CC(=O)c1ccc(S(=O)(=O)NCC2CN(c3ccccc3)C(=O)CO2)cc1. The second kappa shape index (κ2) is 7.99. The number of Topliss-reactive ketones (excluding diaryl/α,β-unsaturated/α-hetero) is 1. The molecule has 1 saturated heterocycles. The number of nitrogens with one attached hydrogen (secondary N) is 1. The van der Waals surface area contributed by atoms with Gasteiger partial charge in [0.05, 0.1) is 17.5 Å². The molecule has 0 radical (unpaired) electrons. The number of ketones is 1. The van der Waals surface area contributed by atoms with E-state index in [0.717, 1.165) is 5.69 Å². The number of sulfonamides is 1. The van der Waals surface area contributed by atoms with Crippen LogP contribution < -0.4 is 9.62 Å². The average Bonchev–Trinajstić information content (AvgIpc) is 2.68. The van der Waals surface area contributed by atoms with E-state index in [1.807, 2.05) is 30.3 Å². The number of carbonyl (C=O) groups excluding carboxylic acids is 2. The Hall–Kier alpha value is -2.55. The first-order chi connectivity index (χ1) is 12.9. The highest BCUT2D eigenvalue weighted by atomic mass is 32.2. The van der Waals surface area contributed by atoms with Gasteiger partial charge in [-0.3, -0.25) is 9.59 Å². The molecule has 1 fully saturated rings. The minimum Gasteiger partial charge on any atom is -0.365 e. The van der Waals surface area contributed by atoms with Crippen LogP contribution in [0, 0.1) is 0 Å². The predicted octanol–water partition coefficient (Wildman–Crippen LogP) is 1.60. The van der Waals surface area contributed by atoms with Crippen molar-refractivity contribution in [1.29, 1.82) is 0 Å². The van der Waals surface area contributed by atoms with Crippen LogP contribution in [0.3, 0.4) is 0 Å². The largest absolute Gasteiger partial charge is 0.365 e. The Labute approximate surface area is 158 Å². The molecule has 0 bridgehead atoms. The quantitative estimate of drug-likeness (QED) is 0.759. The number of nitrogens with zero attached hydrogens (tertiary/aromatic N) is 1. The monoisotopic (exact) mass is 388 g/mol. The van der Waals surface area contributed by atoms with Crippen molar-refractivity contribution in [2.75, 3.05) is 24.6 Å². The topological polar surface area (TPSA) is 92.8 Å². The van der Waals surface area contributed by atoms with Crippen molar-refractivity contribution in [3.8, 4) is 0 Å². The van der Waals surface area contributed by atoms with E-state index in [2.05, 4.69) is 4.72 Å². The average molecular weight is 388 g/mol. The highest BCUT2D eigenvalue weighted by molar-refractivity contribution is 7.89. The molecule has 7 nitrogen and oxygen atoms in total. The maximum Gasteiger partial charge on any atom is 0.253 e. The van der Waals surface area contributed by atoms with Gasteiger partial charge in [-0.25, -0.2) is 13.1 Å². The number of carbonyl (C=O) groups is 2. The van der Waals surface area contributed by atoms with E-state index in [-0.39, 0.29) is 36.3 Å². The third kappa shape index (κ3) is 4.60. The molecule has 0 aliphatic carbocycles. The van der Waals surface area contributed by atoms with Crippen LogP contribution in [0.1, 0.15) is 17.3 Å². The summed E-state index contributed by atoms with van der Waals surface area (Å²) in [6.07, 6.45) is -0.464. The first-order valence-corrected chi connectivity index (χ1v) is 9.93. The smallest absolute Gasteiger partial charge is 0.253 e. The molecule has 0 saturated carbocycles. The van der Waals surface area contributed by atoms with Crippen LogP contribution in [0.25, 0.3) is 0 Å². The number of anilines is 1. The molecule has 1 amide bonds. The van der Waals surface area contributed by atoms with Gasteiger partial charge in [0, 0.05) is 17.8 Å². The van der Waals surface area contributed by atoms with Crippen LogP contribution >= 0.6 is 0 Å². The zero-order chi connectivity index (χ0) is 19.4. The summed E-state index contributed by atoms with van der Waals surface area (Å²) < 4.78 is 32.8. The molecule has 0 spiro atoms. The number of hydrogen-bond donors (Lipinski definition) is 1. The minimum atomic E-state index is -3.74. The molecule has 1 aliphatic heterocycles. The lowest BCUT2D eigenvalue weighted by Crippen LogP contribution is -2.50. The molecule has 1 N–H and O–H groups in total. The molecule has 142 valence electrons. The van der Waals surface area contributed by atoms with Gasteiger partial charge in [0.15, 0.2) is 5.78 Å². The number of rotatable bonds is 6. The summed E-state index contributed by atoms with van der Waals surface area (Å²) in [5, 5.41) is 0. The van der Waals surface area contributed by atoms with E-state index >= 15 is 0 Å². The molecule has 0 aromatic heterocycles. The van der Waals surface area contributed by atoms with Gasteiger partial charge in [0.1, 0.15) is 6.61 Å². The lowest BCUT2D eigenvalue weighted by Gasteiger charge is -2.32. The second-order valence-electron chi connectivity index (χ2n) is 6.21. The van der Waals surface area contributed by atoms with Crippen LogP contribution in [0.2, 0.25) is 0 Å². The van der Waals surface area contributed by atoms with Crippen molar-refractivity contribution in [1.82, 2.24) is 4.72 Å². The highest BCUT2D eigenvalue weighted by Crippen LogP contribution is 2.18. The summed E-state index contributed by atoms with van der Waals surface area (Å²) in [5.41, 5.74) is 1.19. The lowest BCUT2D eigenvalue weighted by molar-refractivity contribution is -0.129. The molecule has 1 atom stereocenters. The van der Waals surface area contributed by atoms with Crippen LogP contribution in [0.5, 0.6) is 0 Å². The van der Waals surface area contributed by atoms with Crippen molar-refractivity contribution in [3.05, 3.63) is 60.2 Å². The van der Waals surface area contributed by atoms with Crippen LogP contribution in [0.4, 0.5) is 5.69 Å². The summed E-state index contributed by atoms with van der Waals surface area (Å²) >= 11 is 0. The van der Waals surface area contributed by atoms with Gasteiger partial charge < -0.3 is 9.64 Å². The molecule has 8 heteroatoms. The number of amides is 1. The minimum absolute atomic E-state index is 0.0351. The van der Waals surface area contributed by atoms with E-state index in [1.165, 1.54) is 31.2 Å². The van der Waals surface area contributed by atoms with Gasteiger partial charge in [0.25, 0.3) is 5.91 Å². The van der Waals surface area contributed by atoms with E-state index in [9.17, 15) is 18.0 Å². The molecule has 1 aliphatic rings. The molecule has 2 aromatic carbocycles. The molecular weight excluding hydrogens is 368 g/mol. The molecule has 1 heterocycles. The molecule has 3 rings (SSSR count). The number of hydrogen-bond acceptors (Lipinski definition) is 5. The summed E-state index contributed by atoms with van der Waals surface area (Å²) in [4.78, 5) is 25.0. The standard InChI is InChI=1S/C19H20N2O5S/c1-14(22)15-7-9-18(10-8-15)27(24,25)20-11-17-12-21(19(23)13-26-17)16-5-3-2-4-6-16/h2-10,17,20H,11-13H2,1H3. The van der Waals surface area contributed by atoms with Crippen LogP contribution in [-0.4, -0.2) is 45.9 Å². The molecule has 27 heavy (non-hydrogen) atoms. The highest BCUT2D eigenvalue weighted by Gasteiger charge is 2.28. The van der Waals surface area contributed by atoms with Gasteiger partial charge in [-0.15, -0.1) is 0 Å². The van der Waals surface area contributed by atoms with Crippen molar-refractivity contribution in [2.45, 2.75) is 17.9 Å². The maximum absolute atomic E-state index is 12.4. The fourth-order valence-corrected chi connectivity index (χ4v) is 3.83. The molecule has 2 aromatic rings. The Morgan fingerprint density at radius 3 is 2.44 bits per heavy atom. The zero-order valence-corrected chi connectivity index (χ0v) is 15.6. The van der Waals surface area contributed by atoms with E-state index < -0.39 is 16.1 Å². The number of para-hydroxylation sites is 1. The Kier molecular flexibility index (Phi) is 5.69. The van der Waals surface area contributed by atoms with E-state index in [4.69, 9.17) is 4.74 Å². The Bertz CT molecular complexity index is 926. The number of benzene rings is 2. The van der Waals surface area contributed by atoms with Crippen LogP contribution in [0.15, 0.2) is 59.5 Å². The summed E-state index contributed by atoms with van der Waals surface area (Å²) in [6.45, 7) is 1.61. The fourth-order valence-electron chi connectivity index (χ4n) is 2.76. The normalized spacial score (nSPS) is 17.7. The fraction of sp³-hybridized carbons (Fsp3) is 0.263. The van der Waals surface area contributed by atoms with Crippen molar-refractivity contribution in [3.63, 3.8) is 0 Å². The Balaban J connectivity index is 1.65. The Morgan fingerprint density at radius 1 is 1.15 bits per heavy atom. The van der Waals surface area contributed by atoms with Crippen molar-refractivity contribution < 1.29 is 22.7 Å². The zero-order valence-electron chi connectivity index (χ0n) is 14.8. The first kappa shape index (κ1) is 19.2. The van der Waals surface area contributed by atoms with Gasteiger partial charge in [-0.05, 0) is 31.2 Å². The van der Waals surface area contributed by atoms with Crippen molar-refractivity contribution in [2.24, 2.45) is 0 Å². The third-order valence-corrected chi connectivity index (χ3v) is 5.71.